The third kappa shape index (κ3) is 3.60. The molecule has 1 saturated heterocycles. The number of benzene rings is 1. The van der Waals surface area contributed by atoms with Crippen LogP contribution >= 0.6 is 0 Å². The van der Waals surface area contributed by atoms with E-state index in [0.717, 1.165) is 25.1 Å². The predicted octanol–water partition coefficient (Wildman–Crippen LogP) is 1.40. The Bertz CT molecular complexity index is 799. The monoisotopic (exact) mass is 344 g/mol. The number of nitrogens with zero attached hydrogens (tertiary/aromatic N) is 4. The standard InChI is InChI=1S/C18H24N4O3/c1-3-22-16(19-20(2)18(22)25)12-13-8-10-21(11-9-13)17(24)14-4-6-15(23)7-5-14/h4-7,13,23H,3,8-12H2,1-2H3. The number of amides is 1. The Morgan fingerprint density at radius 2 is 1.88 bits per heavy atom. The highest BCUT2D eigenvalue weighted by Crippen LogP contribution is 2.22. The van der Waals surface area contributed by atoms with Crippen LogP contribution in [-0.4, -0.2) is 43.4 Å². The maximum absolute atomic E-state index is 12.5. The van der Waals surface area contributed by atoms with Crippen molar-refractivity contribution in [1.29, 1.82) is 0 Å². The van der Waals surface area contributed by atoms with Crippen molar-refractivity contribution in [1.82, 2.24) is 19.2 Å². The average molecular weight is 344 g/mol. The molecule has 1 amide bonds. The van der Waals surface area contributed by atoms with Gasteiger partial charge in [0.15, 0.2) is 0 Å². The summed E-state index contributed by atoms with van der Waals surface area (Å²) in [4.78, 5) is 26.3. The minimum absolute atomic E-state index is 0.00162. The van der Waals surface area contributed by atoms with Crippen molar-refractivity contribution in [2.24, 2.45) is 13.0 Å². The van der Waals surface area contributed by atoms with Crippen molar-refractivity contribution in [3.63, 3.8) is 0 Å². The SMILES string of the molecule is CCn1c(CC2CCN(C(=O)c3ccc(O)cc3)CC2)nn(C)c1=O. The largest absolute Gasteiger partial charge is 0.508 e. The van der Waals surface area contributed by atoms with E-state index in [4.69, 9.17) is 0 Å². The molecule has 1 aromatic heterocycles. The second-order valence-electron chi connectivity index (χ2n) is 6.55. The van der Waals surface area contributed by atoms with Crippen molar-refractivity contribution in [3.8, 4) is 5.75 Å². The molecule has 2 aromatic rings. The Kier molecular flexibility index (Phi) is 4.92. The minimum Gasteiger partial charge on any atom is -0.508 e. The summed E-state index contributed by atoms with van der Waals surface area (Å²) >= 11 is 0. The Balaban J connectivity index is 1.60. The molecule has 0 unspecified atom stereocenters. The molecule has 0 bridgehead atoms. The molecule has 1 aliphatic heterocycles. The molecule has 25 heavy (non-hydrogen) atoms. The van der Waals surface area contributed by atoms with Gasteiger partial charge in [0.25, 0.3) is 5.91 Å². The van der Waals surface area contributed by atoms with Crippen LogP contribution in [0.2, 0.25) is 0 Å². The number of aromatic nitrogens is 3. The summed E-state index contributed by atoms with van der Waals surface area (Å²) in [5.74, 6) is 1.42. The molecular weight excluding hydrogens is 320 g/mol. The van der Waals surface area contributed by atoms with Crippen LogP contribution in [0.1, 0.15) is 35.9 Å². The van der Waals surface area contributed by atoms with Gasteiger partial charge in [-0.2, -0.15) is 5.10 Å². The molecule has 0 aliphatic carbocycles. The lowest BCUT2D eigenvalue weighted by Crippen LogP contribution is -2.39. The number of hydrogen-bond acceptors (Lipinski definition) is 4. The summed E-state index contributed by atoms with van der Waals surface area (Å²) in [6.07, 6.45) is 2.57. The van der Waals surface area contributed by atoms with Gasteiger partial charge in [-0.1, -0.05) is 0 Å². The Morgan fingerprint density at radius 3 is 2.48 bits per heavy atom. The molecule has 0 spiro atoms. The van der Waals surface area contributed by atoms with E-state index in [9.17, 15) is 14.7 Å². The van der Waals surface area contributed by atoms with Crippen LogP contribution < -0.4 is 5.69 Å². The summed E-state index contributed by atoms with van der Waals surface area (Å²) in [6, 6.07) is 6.37. The highest BCUT2D eigenvalue weighted by molar-refractivity contribution is 5.94. The fourth-order valence-electron chi connectivity index (χ4n) is 3.41. The number of phenols is 1. The third-order valence-corrected chi connectivity index (χ3v) is 4.89. The summed E-state index contributed by atoms with van der Waals surface area (Å²) in [6.45, 7) is 3.98. The first kappa shape index (κ1) is 17.3. The zero-order valence-electron chi connectivity index (χ0n) is 14.7. The van der Waals surface area contributed by atoms with E-state index in [1.165, 1.54) is 16.8 Å². The first-order chi connectivity index (χ1) is 12.0. The zero-order valence-corrected chi connectivity index (χ0v) is 14.7. The van der Waals surface area contributed by atoms with Crippen molar-refractivity contribution >= 4 is 5.91 Å². The van der Waals surface area contributed by atoms with Gasteiger partial charge in [-0.25, -0.2) is 9.48 Å². The van der Waals surface area contributed by atoms with Crippen molar-refractivity contribution in [3.05, 3.63) is 46.1 Å². The van der Waals surface area contributed by atoms with E-state index in [2.05, 4.69) is 5.10 Å². The number of carbonyl (C=O) groups is 1. The number of piperidine rings is 1. The van der Waals surface area contributed by atoms with Crippen molar-refractivity contribution in [2.45, 2.75) is 32.7 Å². The van der Waals surface area contributed by atoms with Gasteiger partial charge in [-0.05, 0) is 49.9 Å². The van der Waals surface area contributed by atoms with Crippen LogP contribution in [0.3, 0.4) is 0 Å². The molecule has 0 atom stereocenters. The first-order valence-electron chi connectivity index (χ1n) is 8.70. The fourth-order valence-corrected chi connectivity index (χ4v) is 3.41. The quantitative estimate of drug-likeness (QED) is 0.909. The highest BCUT2D eigenvalue weighted by atomic mass is 16.3. The number of phenolic OH excluding ortho intramolecular Hbond substituents is 1. The second-order valence-corrected chi connectivity index (χ2v) is 6.55. The molecule has 1 aliphatic rings. The topological polar surface area (TPSA) is 80.4 Å². The molecule has 1 aromatic carbocycles. The fraction of sp³-hybridized carbons (Fsp3) is 0.500. The Labute approximate surface area is 146 Å². The predicted molar refractivity (Wildman–Crippen MR) is 93.6 cm³/mol. The molecular formula is C18H24N4O3. The molecule has 0 saturated carbocycles. The molecule has 0 radical (unpaired) electrons. The molecule has 7 heteroatoms. The maximum atomic E-state index is 12.5. The van der Waals surface area contributed by atoms with E-state index < -0.39 is 0 Å². The second kappa shape index (κ2) is 7.13. The van der Waals surface area contributed by atoms with E-state index in [-0.39, 0.29) is 17.3 Å². The van der Waals surface area contributed by atoms with Crippen LogP contribution in [0.4, 0.5) is 0 Å². The van der Waals surface area contributed by atoms with Gasteiger partial charge in [-0.15, -0.1) is 0 Å². The van der Waals surface area contributed by atoms with Crippen LogP contribution in [0, 0.1) is 5.92 Å². The van der Waals surface area contributed by atoms with Crippen molar-refractivity contribution in [2.75, 3.05) is 13.1 Å². The van der Waals surface area contributed by atoms with Gasteiger partial charge >= 0.3 is 5.69 Å². The molecule has 1 N–H and O–H groups in total. The number of carbonyl (C=O) groups excluding carboxylic acids is 1. The van der Waals surface area contributed by atoms with E-state index in [1.54, 1.807) is 23.7 Å². The first-order valence-corrected chi connectivity index (χ1v) is 8.70. The minimum atomic E-state index is -0.0718. The summed E-state index contributed by atoms with van der Waals surface area (Å²) in [7, 11) is 1.68. The van der Waals surface area contributed by atoms with E-state index in [1.807, 2.05) is 11.8 Å². The summed E-state index contributed by atoms with van der Waals surface area (Å²) in [5, 5.41) is 13.7. The van der Waals surface area contributed by atoms with E-state index in [0.29, 0.717) is 31.1 Å². The number of likely N-dealkylation sites (tertiary alicyclic amines) is 1. The maximum Gasteiger partial charge on any atom is 0.345 e. The lowest BCUT2D eigenvalue weighted by atomic mass is 9.93. The number of aryl methyl sites for hydroxylation is 1. The van der Waals surface area contributed by atoms with E-state index >= 15 is 0 Å². The zero-order chi connectivity index (χ0) is 18.0. The van der Waals surface area contributed by atoms with Crippen LogP contribution in [0.15, 0.2) is 29.1 Å². The van der Waals surface area contributed by atoms with Gasteiger partial charge in [0.2, 0.25) is 0 Å². The summed E-state index contributed by atoms with van der Waals surface area (Å²) < 4.78 is 3.11. The van der Waals surface area contributed by atoms with Gasteiger partial charge in [-0.3, -0.25) is 9.36 Å². The van der Waals surface area contributed by atoms with Gasteiger partial charge < -0.3 is 10.0 Å². The Hall–Kier alpha value is -2.57. The number of aromatic hydroxyl groups is 1. The number of rotatable bonds is 4. The summed E-state index contributed by atoms with van der Waals surface area (Å²) in [5.41, 5.74) is 0.526. The average Bonchev–Trinajstić information content (AvgIpc) is 2.89. The van der Waals surface area contributed by atoms with Crippen LogP contribution in [0.5, 0.6) is 5.75 Å². The third-order valence-electron chi connectivity index (χ3n) is 4.89. The van der Waals surface area contributed by atoms with Gasteiger partial charge in [0, 0.05) is 38.7 Å². The molecule has 7 nitrogen and oxygen atoms in total. The van der Waals surface area contributed by atoms with Crippen LogP contribution in [0.25, 0.3) is 0 Å². The molecule has 3 rings (SSSR count). The highest BCUT2D eigenvalue weighted by Gasteiger charge is 2.25. The van der Waals surface area contributed by atoms with Gasteiger partial charge in [0.1, 0.15) is 11.6 Å². The number of hydrogen-bond donors (Lipinski definition) is 1. The normalized spacial score (nSPS) is 15.5. The van der Waals surface area contributed by atoms with Gasteiger partial charge in [0.05, 0.1) is 0 Å². The molecule has 1 fully saturated rings. The van der Waals surface area contributed by atoms with Crippen LogP contribution in [-0.2, 0) is 20.0 Å². The lowest BCUT2D eigenvalue weighted by Gasteiger charge is -2.32. The Morgan fingerprint density at radius 1 is 1.24 bits per heavy atom. The molecule has 134 valence electrons. The smallest absolute Gasteiger partial charge is 0.345 e. The lowest BCUT2D eigenvalue weighted by molar-refractivity contribution is 0.0689. The van der Waals surface area contributed by atoms with Crippen molar-refractivity contribution < 1.29 is 9.90 Å². The molecule has 2 heterocycles.